The maximum Gasteiger partial charge on any atom is 0.341 e. The molecule has 20 nitrogen and oxygen atoms in total. The molecule has 4 aromatic carbocycles. The maximum absolute atomic E-state index is 14.9. The summed E-state index contributed by atoms with van der Waals surface area (Å²) >= 11 is 0. The van der Waals surface area contributed by atoms with Crippen LogP contribution in [0.25, 0.3) is 11.1 Å². The zero-order chi connectivity index (χ0) is 59.9. The highest BCUT2D eigenvalue weighted by Crippen LogP contribution is 2.28. The number of carboxylic acid groups (broad SMARTS) is 2. The predicted octanol–water partition coefficient (Wildman–Crippen LogP) is 5.17. The number of Topliss-reactive ketones (excluding diaryl/α,β-unsaturated/α-hetero) is 1. The van der Waals surface area contributed by atoms with Crippen molar-refractivity contribution in [3.05, 3.63) is 120 Å². The molecule has 0 unspecified atom stereocenters. The molecule has 442 valence electrons. The molecule has 0 spiro atoms. The first-order valence-corrected chi connectivity index (χ1v) is 28.1. The van der Waals surface area contributed by atoms with Crippen molar-refractivity contribution in [2.24, 2.45) is 23.5 Å². The van der Waals surface area contributed by atoms with E-state index in [-0.39, 0.29) is 56.1 Å². The summed E-state index contributed by atoms with van der Waals surface area (Å²) in [5.74, 6) is -6.27. The highest BCUT2D eigenvalue weighted by Gasteiger charge is 2.36. The minimum absolute atomic E-state index is 0.00498. The molecule has 0 saturated heterocycles. The quantitative estimate of drug-likeness (QED) is 0.0313. The molecule has 82 heavy (non-hydrogen) atoms. The van der Waals surface area contributed by atoms with E-state index >= 15 is 0 Å². The van der Waals surface area contributed by atoms with E-state index in [1.165, 1.54) is 33.0 Å². The number of ether oxygens (including phenoxy) is 2. The van der Waals surface area contributed by atoms with Crippen molar-refractivity contribution >= 4 is 53.2 Å². The van der Waals surface area contributed by atoms with Gasteiger partial charge in [0.25, 0.3) is 0 Å². The number of nitrogens with one attached hydrogen (secondary N) is 5. The van der Waals surface area contributed by atoms with Crippen molar-refractivity contribution in [2.75, 3.05) is 26.8 Å². The number of hydrogen-bond donors (Lipinski definition) is 8. The predicted molar refractivity (Wildman–Crippen MR) is 308 cm³/mol. The molecule has 0 heterocycles. The van der Waals surface area contributed by atoms with Gasteiger partial charge < -0.3 is 56.9 Å². The molecule has 0 aliphatic heterocycles. The molecule has 0 bridgehead atoms. The monoisotopic (exact) mass is 1130 g/mol. The lowest BCUT2D eigenvalue weighted by Gasteiger charge is -2.31. The first-order chi connectivity index (χ1) is 39.1. The molecule has 1 fully saturated rings. The number of carboxylic acids is 2. The van der Waals surface area contributed by atoms with Crippen LogP contribution in [0, 0.1) is 17.8 Å². The van der Waals surface area contributed by atoms with Gasteiger partial charge in [0, 0.05) is 25.8 Å². The Bertz CT molecular complexity index is 2770. The van der Waals surface area contributed by atoms with Gasteiger partial charge in [-0.3, -0.25) is 33.6 Å². The van der Waals surface area contributed by atoms with Crippen LogP contribution >= 0.6 is 0 Å². The Morgan fingerprint density at radius 1 is 0.549 bits per heavy atom. The summed E-state index contributed by atoms with van der Waals surface area (Å²) in [6.45, 7) is 7.22. The second-order valence-corrected chi connectivity index (χ2v) is 21.7. The van der Waals surface area contributed by atoms with Gasteiger partial charge >= 0.3 is 11.9 Å². The van der Waals surface area contributed by atoms with Crippen LogP contribution in [0.1, 0.15) is 103 Å². The van der Waals surface area contributed by atoms with Crippen molar-refractivity contribution in [2.45, 2.75) is 141 Å². The van der Waals surface area contributed by atoms with Gasteiger partial charge in [0.05, 0.1) is 6.04 Å². The van der Waals surface area contributed by atoms with Gasteiger partial charge in [-0.15, -0.1) is 0 Å². The molecule has 6 amide bonds. The maximum atomic E-state index is 14.9. The Morgan fingerprint density at radius 2 is 1.00 bits per heavy atom. The largest absolute Gasteiger partial charge is 0.482 e. The lowest BCUT2D eigenvalue weighted by Crippen LogP contribution is -2.60. The number of rotatable bonds is 32. The average Bonchev–Trinajstić information content (AvgIpc) is 3.46. The fraction of sp³-hybridized carbons (Fsp3) is 0.468. The molecule has 7 atom stereocenters. The molecule has 1 aliphatic carbocycles. The number of benzene rings is 4. The Balaban J connectivity index is 1.38. The van der Waals surface area contributed by atoms with E-state index in [9.17, 15) is 43.2 Å². The van der Waals surface area contributed by atoms with E-state index in [2.05, 4.69) is 26.6 Å². The lowest BCUT2D eigenvalue weighted by atomic mass is 9.84. The van der Waals surface area contributed by atoms with Crippen molar-refractivity contribution in [1.29, 1.82) is 0 Å². The summed E-state index contributed by atoms with van der Waals surface area (Å²) in [5.41, 5.74) is 9.76. The van der Waals surface area contributed by atoms with Crippen LogP contribution in [0.2, 0.25) is 0 Å². The fourth-order valence-electron chi connectivity index (χ4n) is 9.78. The number of amides is 6. The molecule has 0 radical (unpaired) electrons. The Labute approximate surface area is 480 Å². The van der Waals surface area contributed by atoms with Gasteiger partial charge in [0.2, 0.25) is 35.4 Å². The average molecular weight is 1130 g/mol. The lowest BCUT2D eigenvalue weighted by molar-refractivity contribution is -0.142. The Hall–Kier alpha value is -8.13. The van der Waals surface area contributed by atoms with Gasteiger partial charge in [-0.05, 0) is 110 Å². The Morgan fingerprint density at radius 3 is 1.52 bits per heavy atom. The summed E-state index contributed by atoms with van der Waals surface area (Å²) in [6, 6.07) is 23.2. The van der Waals surface area contributed by atoms with Crippen LogP contribution in [0.4, 0.5) is 0 Å². The summed E-state index contributed by atoms with van der Waals surface area (Å²) in [4.78, 5) is 122. The molecular weight excluding hydrogens is 1050 g/mol. The minimum Gasteiger partial charge on any atom is -0.482 e. The Kier molecular flexibility index (Phi) is 25.5. The smallest absolute Gasteiger partial charge is 0.341 e. The number of ketones is 1. The van der Waals surface area contributed by atoms with Crippen molar-refractivity contribution < 1.29 is 62.8 Å². The highest BCUT2D eigenvalue weighted by molar-refractivity contribution is 5.97. The van der Waals surface area contributed by atoms with Crippen LogP contribution in [0.15, 0.2) is 103 Å². The third-order valence-electron chi connectivity index (χ3n) is 14.6. The molecular formula is C62H81N7O13. The van der Waals surface area contributed by atoms with Crippen molar-refractivity contribution in [3.8, 4) is 22.6 Å². The van der Waals surface area contributed by atoms with Crippen LogP contribution < -0.4 is 41.8 Å². The van der Waals surface area contributed by atoms with Crippen LogP contribution in [0.5, 0.6) is 11.5 Å². The number of hydrogen-bond acceptors (Lipinski definition) is 12. The van der Waals surface area contributed by atoms with Crippen LogP contribution in [-0.2, 0) is 62.4 Å². The fourth-order valence-corrected chi connectivity index (χ4v) is 9.78. The molecule has 1 aliphatic rings. The third kappa shape index (κ3) is 21.1. The van der Waals surface area contributed by atoms with Gasteiger partial charge in [-0.25, -0.2) is 9.59 Å². The summed E-state index contributed by atoms with van der Waals surface area (Å²) in [6.07, 6.45) is 6.02. The summed E-state index contributed by atoms with van der Waals surface area (Å²) < 4.78 is 10.6. The number of carbonyl (C=O) groups excluding carboxylic acids is 7. The van der Waals surface area contributed by atoms with E-state index in [0.29, 0.717) is 29.2 Å². The first-order valence-electron chi connectivity index (χ1n) is 28.1. The topological polar surface area (TPSA) is 302 Å². The molecule has 20 heteroatoms. The minimum atomic E-state index is -1.36. The molecule has 4 aromatic rings. The molecule has 9 N–H and O–H groups in total. The number of nitrogens with zero attached hydrogens (tertiary/aromatic N) is 1. The molecule has 1 saturated carbocycles. The number of nitrogens with two attached hydrogens (primary N) is 1. The number of likely N-dealkylation sites (N-methyl/N-ethyl adjacent to an activating group) is 1. The highest BCUT2D eigenvalue weighted by atomic mass is 16.5. The number of aliphatic carboxylic acids is 2. The zero-order valence-corrected chi connectivity index (χ0v) is 47.8. The molecule has 5 rings (SSSR count). The second-order valence-electron chi connectivity index (χ2n) is 21.7. The van der Waals surface area contributed by atoms with E-state index in [0.717, 1.165) is 53.7 Å². The normalized spacial score (nSPS) is 15.0. The van der Waals surface area contributed by atoms with Gasteiger partial charge in [-0.1, -0.05) is 132 Å². The first kappa shape index (κ1) is 64.7. The standard InChI is InChI=1S/C62H81N7O13/c1-38(2)31-52(60(78)64-50(29-30-63)59(77)65-51(41(5)70)33-42-13-9-7-10-14-42)67-58(76)40(4)69(6)62(80)54(35-45-21-27-49(28-22-45)82-37-56(73)74)68-61(79)53(34-44-17-23-47(24-18-44)46-15-11-8-12-16-46)66-57(75)39(3)32-43-19-25-48(26-20-43)81-36-55(71)72/h8,11-12,15-28,38-40,42,50-54H,7,9-10,13-14,29-37,63H2,1-6H3,(H,64,78)(H,65,77)(H,66,75)(H,67,76)(H,68,79)(H,71,72)(H,73,74)/t39-,40-,50-,51-,52+,53-,54-/m0/s1. The second kappa shape index (κ2) is 32.3. The van der Waals surface area contributed by atoms with Gasteiger partial charge in [-0.2, -0.15) is 0 Å². The van der Waals surface area contributed by atoms with E-state index in [1.807, 2.05) is 68.4 Å². The van der Waals surface area contributed by atoms with Gasteiger partial charge in [0.1, 0.15) is 41.7 Å². The van der Waals surface area contributed by atoms with Crippen molar-refractivity contribution in [1.82, 2.24) is 31.5 Å². The number of carbonyl (C=O) groups is 9. The van der Waals surface area contributed by atoms with E-state index < -0.39 is 103 Å². The van der Waals surface area contributed by atoms with Crippen LogP contribution in [0.3, 0.4) is 0 Å². The van der Waals surface area contributed by atoms with Crippen LogP contribution in [-0.4, -0.2) is 131 Å². The summed E-state index contributed by atoms with van der Waals surface area (Å²) in [7, 11) is 1.38. The van der Waals surface area contributed by atoms with E-state index in [4.69, 9.17) is 25.4 Å². The van der Waals surface area contributed by atoms with Crippen molar-refractivity contribution in [3.63, 3.8) is 0 Å². The SMILES string of the molecule is CC(=O)[C@H](CC1CCCCC1)NC(=O)[C@H](CCN)NC(=O)[C@@H](CC(C)C)NC(=O)[C@H](C)N(C)C(=O)[C@H](Cc1ccc(OCC(=O)O)cc1)NC(=O)[C@H](Cc1ccc(-c2ccccc2)cc1)NC(=O)[C@@H](C)Cc1ccc(OCC(=O)O)cc1. The molecule has 0 aromatic heterocycles. The van der Waals surface area contributed by atoms with E-state index in [1.54, 1.807) is 43.3 Å². The third-order valence-corrected chi connectivity index (χ3v) is 14.6. The summed E-state index contributed by atoms with van der Waals surface area (Å²) in [5, 5.41) is 32.3. The van der Waals surface area contributed by atoms with Gasteiger partial charge in [0.15, 0.2) is 19.0 Å². The zero-order valence-electron chi connectivity index (χ0n) is 47.8.